The largest absolute Gasteiger partial charge is 0.504 e. The molecule has 4 N–H and O–H groups in total. The van der Waals surface area contributed by atoms with Crippen LogP contribution in [0.3, 0.4) is 0 Å². The van der Waals surface area contributed by atoms with Gasteiger partial charge in [-0.3, -0.25) is 10.1 Å². The van der Waals surface area contributed by atoms with E-state index in [4.69, 9.17) is 4.52 Å². The number of aryl methyl sites for hydroxylation is 2. The van der Waals surface area contributed by atoms with Crippen molar-refractivity contribution in [1.29, 1.82) is 0 Å². The number of nitrogens with zero attached hydrogens (tertiary/aromatic N) is 3. The van der Waals surface area contributed by atoms with Crippen molar-refractivity contribution in [2.75, 3.05) is 0 Å². The average molecular weight is 415 g/mol. The zero-order valence-electron chi connectivity index (χ0n) is 14.6. The maximum Gasteiger partial charge on any atom is 0.315 e. The Morgan fingerprint density at radius 1 is 1.03 bits per heavy atom. The Bertz CT molecular complexity index is 1250. The van der Waals surface area contributed by atoms with Gasteiger partial charge in [-0.1, -0.05) is 5.16 Å². The van der Waals surface area contributed by atoms with Crippen LogP contribution in [0, 0.1) is 10.1 Å². The topological polar surface area (TPSA) is 163 Å². The van der Waals surface area contributed by atoms with E-state index in [1.54, 1.807) is 0 Å². The van der Waals surface area contributed by atoms with Crippen LogP contribution < -0.4 is 0 Å². The molecule has 0 aliphatic rings. The molecule has 0 atom stereocenters. The van der Waals surface area contributed by atoms with Crippen LogP contribution in [0.2, 0.25) is 0 Å². The van der Waals surface area contributed by atoms with Gasteiger partial charge in [0, 0.05) is 23.3 Å². The number of aromatic nitrogens is 2. The fourth-order valence-corrected chi connectivity index (χ4v) is 3.89. The van der Waals surface area contributed by atoms with E-state index in [1.807, 2.05) is 5.38 Å². The number of thiophene rings is 1. The molecule has 0 saturated carbocycles. The quantitative estimate of drug-likeness (QED) is 0.217. The second kappa shape index (κ2) is 6.95. The van der Waals surface area contributed by atoms with E-state index < -0.39 is 22.1 Å². The minimum atomic E-state index is -0.836. The summed E-state index contributed by atoms with van der Waals surface area (Å²) in [6, 6.07) is 5.13. The summed E-state index contributed by atoms with van der Waals surface area (Å²) >= 11 is 1.43. The molecule has 2 aromatic heterocycles. The molecule has 10 nitrogen and oxygen atoms in total. The summed E-state index contributed by atoms with van der Waals surface area (Å²) in [6.45, 7) is 0. The third-order valence-corrected chi connectivity index (χ3v) is 5.34. The predicted octanol–water partition coefficient (Wildman–Crippen LogP) is 3.47. The van der Waals surface area contributed by atoms with Crippen LogP contribution >= 0.6 is 11.3 Å². The minimum Gasteiger partial charge on any atom is -0.504 e. The fourth-order valence-electron chi connectivity index (χ4n) is 2.88. The Balaban J connectivity index is 1.56. The molecule has 4 aromatic rings. The van der Waals surface area contributed by atoms with Gasteiger partial charge in [-0.25, -0.2) is 0 Å². The first-order valence-electron chi connectivity index (χ1n) is 8.29. The molecule has 0 aliphatic carbocycles. The van der Waals surface area contributed by atoms with Gasteiger partial charge in [0.05, 0.1) is 10.5 Å². The van der Waals surface area contributed by atoms with Crippen LogP contribution in [0.25, 0.3) is 21.5 Å². The first-order valence-corrected chi connectivity index (χ1v) is 9.17. The van der Waals surface area contributed by atoms with Gasteiger partial charge in [0.1, 0.15) is 0 Å². The number of benzene rings is 2. The summed E-state index contributed by atoms with van der Waals surface area (Å²) in [5, 5.41) is 56.1. The highest BCUT2D eigenvalue weighted by Gasteiger charge is 2.22. The highest BCUT2D eigenvalue weighted by atomic mass is 32.1. The summed E-state index contributed by atoms with van der Waals surface area (Å²) in [5.74, 6) is -1.57. The van der Waals surface area contributed by atoms with E-state index in [0.717, 1.165) is 27.8 Å². The SMILES string of the molecule is O=[N+]([O-])c1cc(-c2nc(CCc3csc4cc(O)c(O)cc34)no2)cc(O)c1O. The summed E-state index contributed by atoms with van der Waals surface area (Å²) < 4.78 is 5.96. The first-order chi connectivity index (χ1) is 13.8. The van der Waals surface area contributed by atoms with Crippen molar-refractivity contribution in [2.24, 2.45) is 0 Å². The van der Waals surface area contributed by atoms with Crippen molar-refractivity contribution in [3.8, 4) is 34.5 Å². The molecule has 0 saturated heterocycles. The third kappa shape index (κ3) is 3.38. The number of aromatic hydroxyl groups is 4. The number of fused-ring (bicyclic) bond motifs is 1. The smallest absolute Gasteiger partial charge is 0.315 e. The molecule has 4 rings (SSSR count). The van der Waals surface area contributed by atoms with Gasteiger partial charge in [-0.2, -0.15) is 4.98 Å². The zero-order chi connectivity index (χ0) is 20.7. The predicted molar refractivity (Wildman–Crippen MR) is 102 cm³/mol. The normalized spacial score (nSPS) is 11.2. The van der Waals surface area contributed by atoms with Crippen molar-refractivity contribution >= 4 is 27.1 Å². The van der Waals surface area contributed by atoms with Gasteiger partial charge in [0.25, 0.3) is 5.89 Å². The number of hydrogen-bond acceptors (Lipinski definition) is 10. The van der Waals surface area contributed by atoms with Crippen LogP contribution in [-0.2, 0) is 12.8 Å². The van der Waals surface area contributed by atoms with E-state index in [9.17, 15) is 30.5 Å². The number of phenols is 4. The van der Waals surface area contributed by atoms with Crippen molar-refractivity contribution in [3.05, 3.63) is 51.1 Å². The lowest BCUT2D eigenvalue weighted by molar-refractivity contribution is -0.385. The van der Waals surface area contributed by atoms with Crippen LogP contribution in [0.5, 0.6) is 23.0 Å². The summed E-state index contributed by atoms with van der Waals surface area (Å²) in [7, 11) is 0. The highest BCUT2D eigenvalue weighted by Crippen LogP contribution is 2.39. The summed E-state index contributed by atoms with van der Waals surface area (Å²) in [6.07, 6.45) is 0.924. The maximum absolute atomic E-state index is 11.0. The molecule has 0 bridgehead atoms. The Morgan fingerprint density at radius 2 is 1.79 bits per heavy atom. The molecular weight excluding hydrogens is 402 g/mol. The minimum absolute atomic E-state index is 0.0313. The lowest BCUT2D eigenvalue weighted by Crippen LogP contribution is -1.93. The average Bonchev–Trinajstić information content (AvgIpc) is 3.29. The maximum atomic E-state index is 11.0. The van der Waals surface area contributed by atoms with Gasteiger partial charge in [-0.05, 0) is 34.9 Å². The number of hydrogen-bond donors (Lipinski definition) is 4. The number of rotatable bonds is 5. The standard InChI is InChI=1S/C18H13N3O7S/c22-12-5-10-8(7-29-15(10)6-13(12)23)1-2-16-19-18(28-20-16)9-3-11(21(26)27)17(25)14(24)4-9/h3-7,22-25H,1-2H2. The van der Waals surface area contributed by atoms with Crippen LogP contribution in [-0.4, -0.2) is 35.5 Å². The molecule has 0 radical (unpaired) electrons. The second-order valence-corrected chi connectivity index (χ2v) is 7.15. The lowest BCUT2D eigenvalue weighted by atomic mass is 10.1. The van der Waals surface area contributed by atoms with Gasteiger partial charge < -0.3 is 24.9 Å². The van der Waals surface area contributed by atoms with Crippen LogP contribution in [0.15, 0.2) is 34.2 Å². The molecule has 0 aliphatic heterocycles. The Kier molecular flexibility index (Phi) is 4.43. The number of nitro groups is 1. The molecule has 0 amide bonds. The van der Waals surface area contributed by atoms with Gasteiger partial charge in [0.15, 0.2) is 23.1 Å². The van der Waals surface area contributed by atoms with Crippen molar-refractivity contribution < 1.29 is 29.9 Å². The van der Waals surface area contributed by atoms with Crippen molar-refractivity contribution in [1.82, 2.24) is 10.1 Å². The van der Waals surface area contributed by atoms with E-state index in [-0.39, 0.29) is 23.0 Å². The fraction of sp³-hybridized carbons (Fsp3) is 0.111. The number of nitro benzene ring substituents is 1. The Morgan fingerprint density at radius 3 is 2.55 bits per heavy atom. The Hall–Kier alpha value is -3.86. The number of phenolic OH excluding ortho intramolecular Hbond substituents is 4. The van der Waals surface area contributed by atoms with Gasteiger partial charge >= 0.3 is 5.69 Å². The highest BCUT2D eigenvalue weighted by molar-refractivity contribution is 7.17. The zero-order valence-corrected chi connectivity index (χ0v) is 15.4. The van der Waals surface area contributed by atoms with Crippen molar-refractivity contribution in [2.45, 2.75) is 12.8 Å². The first kappa shape index (κ1) is 18.5. The Labute approximate surface area is 166 Å². The molecule has 11 heteroatoms. The third-order valence-electron chi connectivity index (χ3n) is 4.35. The molecule has 0 spiro atoms. The molecule has 2 aromatic carbocycles. The molecule has 29 heavy (non-hydrogen) atoms. The second-order valence-electron chi connectivity index (χ2n) is 6.23. The molecule has 2 heterocycles. The van der Waals surface area contributed by atoms with Crippen LogP contribution in [0.1, 0.15) is 11.4 Å². The molecule has 0 unspecified atom stereocenters. The van der Waals surface area contributed by atoms with Gasteiger partial charge in [0.2, 0.25) is 5.75 Å². The molecule has 148 valence electrons. The van der Waals surface area contributed by atoms with Gasteiger partial charge in [-0.15, -0.1) is 11.3 Å². The van der Waals surface area contributed by atoms with E-state index in [0.29, 0.717) is 18.7 Å². The molecule has 0 fully saturated rings. The summed E-state index contributed by atoms with van der Waals surface area (Å²) in [5.41, 5.74) is 0.365. The van der Waals surface area contributed by atoms with Crippen LogP contribution in [0.4, 0.5) is 5.69 Å². The summed E-state index contributed by atoms with van der Waals surface area (Å²) in [4.78, 5) is 14.3. The van der Waals surface area contributed by atoms with E-state index in [1.165, 1.54) is 23.5 Å². The lowest BCUT2D eigenvalue weighted by Gasteiger charge is -2.01. The monoisotopic (exact) mass is 415 g/mol. The molecular formula is C18H13N3O7S. The van der Waals surface area contributed by atoms with Crippen molar-refractivity contribution in [3.63, 3.8) is 0 Å². The van der Waals surface area contributed by atoms with E-state index in [2.05, 4.69) is 10.1 Å². The van der Waals surface area contributed by atoms with E-state index >= 15 is 0 Å².